The van der Waals surface area contributed by atoms with Crippen molar-refractivity contribution in [2.75, 3.05) is 51.8 Å². The molecule has 1 saturated heterocycles. The van der Waals surface area contributed by atoms with Crippen molar-refractivity contribution in [3.8, 4) is 11.5 Å². The van der Waals surface area contributed by atoms with E-state index in [-0.39, 0.29) is 11.5 Å². The summed E-state index contributed by atoms with van der Waals surface area (Å²) in [4.78, 5) is 31.9. The van der Waals surface area contributed by atoms with E-state index in [0.29, 0.717) is 25.5 Å². The number of carbonyl (C=O) groups excluding carboxylic acids is 1. The second-order valence-corrected chi connectivity index (χ2v) is 13.0. The molecule has 1 spiro atoms. The third-order valence-electron chi connectivity index (χ3n) is 9.69. The number of benzene rings is 1. The molecule has 1 aromatic carbocycles. The minimum absolute atomic E-state index is 0.0578. The first-order valence-electron chi connectivity index (χ1n) is 15.7. The number of nitrogens with one attached hydrogen (secondary N) is 1. The molecule has 3 aromatic heterocycles. The van der Waals surface area contributed by atoms with Gasteiger partial charge in [0.15, 0.2) is 17.1 Å². The summed E-state index contributed by atoms with van der Waals surface area (Å²) in [7, 11) is 3.38. The fourth-order valence-corrected chi connectivity index (χ4v) is 8.03. The Morgan fingerprint density at radius 2 is 1.86 bits per heavy atom. The maximum absolute atomic E-state index is 13.7. The highest BCUT2D eigenvalue weighted by Crippen LogP contribution is 2.46. The van der Waals surface area contributed by atoms with E-state index in [2.05, 4.69) is 59.6 Å². The van der Waals surface area contributed by atoms with E-state index in [1.807, 2.05) is 10.9 Å². The first kappa shape index (κ1) is 29.0. The van der Waals surface area contributed by atoms with E-state index in [4.69, 9.17) is 9.47 Å². The van der Waals surface area contributed by atoms with Gasteiger partial charge < -0.3 is 24.6 Å². The Bertz CT molecular complexity index is 1650. The maximum Gasteiger partial charge on any atom is 0.225 e. The molecule has 232 valence electrons. The predicted molar refractivity (Wildman–Crippen MR) is 170 cm³/mol. The molecule has 1 amide bonds. The van der Waals surface area contributed by atoms with Crippen molar-refractivity contribution in [1.29, 1.82) is 0 Å². The topological polar surface area (TPSA) is 111 Å². The van der Waals surface area contributed by atoms with E-state index in [1.165, 1.54) is 11.1 Å². The van der Waals surface area contributed by atoms with Gasteiger partial charge in [0.2, 0.25) is 5.91 Å². The van der Waals surface area contributed by atoms with Gasteiger partial charge >= 0.3 is 0 Å². The second-order valence-electron chi connectivity index (χ2n) is 12.0. The molecule has 0 bridgehead atoms. The van der Waals surface area contributed by atoms with Crippen LogP contribution in [0, 0.1) is 5.92 Å². The fraction of sp³-hybridized carbons (Fsp3) is 0.531. The number of hydrogen-bond donors (Lipinski definition) is 1. The van der Waals surface area contributed by atoms with E-state index in [1.54, 1.807) is 31.9 Å². The zero-order valence-electron chi connectivity index (χ0n) is 25.7. The van der Waals surface area contributed by atoms with Crippen LogP contribution in [0.1, 0.15) is 54.4 Å². The van der Waals surface area contributed by atoms with Crippen LogP contribution in [-0.2, 0) is 29.7 Å². The number of piperazine rings is 1. The van der Waals surface area contributed by atoms with Crippen molar-refractivity contribution in [2.24, 2.45) is 5.92 Å². The first-order chi connectivity index (χ1) is 21.5. The number of ether oxygens (including phenoxy) is 2. The van der Waals surface area contributed by atoms with E-state index in [0.717, 1.165) is 97.2 Å². The summed E-state index contributed by atoms with van der Waals surface area (Å²) in [5.41, 5.74) is 4.33. The van der Waals surface area contributed by atoms with Crippen molar-refractivity contribution in [1.82, 2.24) is 34.9 Å². The molecule has 2 aliphatic heterocycles. The summed E-state index contributed by atoms with van der Waals surface area (Å²) in [5.74, 6) is 2.78. The number of fused-ring (bicyclic) bond motifs is 3. The summed E-state index contributed by atoms with van der Waals surface area (Å²) >= 11 is 1.68. The Balaban J connectivity index is 0.989. The van der Waals surface area contributed by atoms with Crippen LogP contribution >= 0.6 is 11.3 Å². The molecule has 5 heterocycles. The molecule has 0 radical (unpaired) electrons. The molecule has 1 saturated carbocycles. The van der Waals surface area contributed by atoms with Crippen molar-refractivity contribution >= 4 is 34.1 Å². The molecular formula is C32H40N8O3S. The van der Waals surface area contributed by atoms with Crippen LogP contribution in [0.3, 0.4) is 0 Å². The molecular weight excluding hydrogens is 576 g/mol. The minimum Gasteiger partial charge on any atom is -0.493 e. The van der Waals surface area contributed by atoms with Crippen LogP contribution < -0.4 is 19.7 Å². The van der Waals surface area contributed by atoms with Gasteiger partial charge in [-0.2, -0.15) is 5.10 Å². The highest BCUT2D eigenvalue weighted by atomic mass is 32.1. The van der Waals surface area contributed by atoms with Gasteiger partial charge in [0.05, 0.1) is 43.0 Å². The lowest BCUT2D eigenvalue weighted by atomic mass is 9.69. The van der Waals surface area contributed by atoms with Gasteiger partial charge in [-0.15, -0.1) is 11.3 Å². The van der Waals surface area contributed by atoms with E-state index in [9.17, 15) is 4.79 Å². The zero-order valence-corrected chi connectivity index (χ0v) is 26.5. The van der Waals surface area contributed by atoms with Crippen LogP contribution in [0.4, 0.5) is 5.82 Å². The highest BCUT2D eigenvalue weighted by molar-refractivity contribution is 7.09. The normalized spacial score (nSPS) is 21.9. The number of rotatable bonds is 7. The van der Waals surface area contributed by atoms with Gasteiger partial charge in [0.1, 0.15) is 12.1 Å². The summed E-state index contributed by atoms with van der Waals surface area (Å²) < 4.78 is 13.1. The summed E-state index contributed by atoms with van der Waals surface area (Å²) in [6.45, 7) is 6.50. The number of anilines is 1. The molecule has 1 aliphatic carbocycles. The third-order valence-corrected chi connectivity index (χ3v) is 10.7. The zero-order chi connectivity index (χ0) is 30.3. The van der Waals surface area contributed by atoms with Gasteiger partial charge in [-0.1, -0.05) is 6.92 Å². The molecule has 2 fully saturated rings. The van der Waals surface area contributed by atoms with Gasteiger partial charge in [0, 0.05) is 49.6 Å². The lowest BCUT2D eigenvalue weighted by Gasteiger charge is -2.46. The van der Waals surface area contributed by atoms with Gasteiger partial charge in [0.25, 0.3) is 0 Å². The van der Waals surface area contributed by atoms with Gasteiger partial charge in [-0.25, -0.2) is 19.6 Å². The van der Waals surface area contributed by atoms with Crippen LogP contribution in [-0.4, -0.2) is 82.5 Å². The van der Waals surface area contributed by atoms with Crippen molar-refractivity contribution in [3.63, 3.8) is 0 Å². The molecule has 0 unspecified atom stereocenters. The molecule has 3 aliphatic rings. The molecule has 12 heteroatoms. The van der Waals surface area contributed by atoms with Crippen molar-refractivity contribution in [3.05, 3.63) is 51.9 Å². The summed E-state index contributed by atoms with van der Waals surface area (Å²) in [6.07, 6.45) is 9.02. The third kappa shape index (κ3) is 5.17. The summed E-state index contributed by atoms with van der Waals surface area (Å²) in [5, 5.41) is 12.6. The van der Waals surface area contributed by atoms with Crippen LogP contribution in [0.15, 0.2) is 30.0 Å². The molecule has 7 rings (SSSR count). The number of aryl methyl sites for hydroxylation is 1. The predicted octanol–water partition coefficient (Wildman–Crippen LogP) is 3.79. The number of aromatic nitrogens is 5. The number of thiazole rings is 1. The average molecular weight is 617 g/mol. The number of carbonyl (C=O) groups is 1. The fourth-order valence-electron chi connectivity index (χ4n) is 7.29. The number of amides is 1. The largest absolute Gasteiger partial charge is 0.493 e. The lowest BCUT2D eigenvalue weighted by Crippen LogP contribution is -2.53. The Labute approximate surface area is 261 Å². The van der Waals surface area contributed by atoms with E-state index >= 15 is 0 Å². The van der Waals surface area contributed by atoms with Crippen LogP contribution in [0.2, 0.25) is 0 Å². The van der Waals surface area contributed by atoms with Crippen LogP contribution in [0.5, 0.6) is 11.5 Å². The van der Waals surface area contributed by atoms with Crippen LogP contribution in [0.25, 0.3) is 11.0 Å². The van der Waals surface area contributed by atoms with E-state index < -0.39 is 0 Å². The minimum atomic E-state index is -0.108. The molecule has 4 aromatic rings. The number of nitrogens with zero attached hydrogens (tertiary/aromatic N) is 7. The number of methoxy groups -OCH3 is 2. The van der Waals surface area contributed by atoms with Gasteiger partial charge in [-0.3, -0.25) is 4.79 Å². The maximum atomic E-state index is 13.7. The molecule has 0 atom stereocenters. The quantitative estimate of drug-likeness (QED) is 0.332. The Morgan fingerprint density at radius 1 is 1.09 bits per heavy atom. The summed E-state index contributed by atoms with van der Waals surface area (Å²) in [6, 6.07) is 4.28. The smallest absolute Gasteiger partial charge is 0.225 e. The average Bonchev–Trinajstić information content (AvgIpc) is 3.71. The highest BCUT2D eigenvalue weighted by Gasteiger charge is 2.43. The molecule has 1 N–H and O–H groups in total. The first-order valence-corrected chi connectivity index (χ1v) is 16.5. The van der Waals surface area contributed by atoms with Crippen molar-refractivity contribution < 1.29 is 14.3 Å². The number of hydrogen-bond acceptors (Lipinski definition) is 10. The Hall–Kier alpha value is -3.77. The molecule has 44 heavy (non-hydrogen) atoms. The SMILES string of the molecule is CCc1nc(Cn2ncc3c(N4CCN(C(=O)C5CCC6(CC5)NCCc5cc(OC)c(OC)cc56)CC4)ncnc32)cs1. The van der Waals surface area contributed by atoms with Crippen molar-refractivity contribution in [2.45, 2.75) is 57.5 Å². The second kappa shape index (κ2) is 12.0. The Morgan fingerprint density at radius 3 is 2.59 bits per heavy atom. The lowest BCUT2D eigenvalue weighted by molar-refractivity contribution is -0.137. The van der Waals surface area contributed by atoms with Gasteiger partial charge in [-0.05, 0) is 61.8 Å². The standard InChI is InChI=1S/C32H40N8O3S/c1-4-28-37-23(19-44-28)18-40-30-24(17-36-40)29(33-20-34-30)38-11-13-39(14-12-38)31(41)21-5-8-32(9-6-21)25-16-27(43-3)26(42-2)15-22(25)7-10-35-32/h15-17,19-21,35H,4-14,18H2,1-3H3. The monoisotopic (exact) mass is 616 g/mol. The Kier molecular flexibility index (Phi) is 7.88. The molecule has 11 nitrogen and oxygen atoms in total.